The van der Waals surface area contributed by atoms with Crippen molar-refractivity contribution in [1.82, 2.24) is 15.0 Å². The first-order chi connectivity index (χ1) is 8.63. The van der Waals surface area contributed by atoms with Gasteiger partial charge in [0, 0.05) is 15.1 Å². The second kappa shape index (κ2) is 4.48. The number of aromatic nitrogens is 3. The highest BCUT2D eigenvalue weighted by Crippen LogP contribution is 2.25. The summed E-state index contributed by atoms with van der Waals surface area (Å²) in [5.74, 6) is 0.790. The van der Waals surface area contributed by atoms with E-state index in [0.29, 0.717) is 0 Å². The number of nitrogens with one attached hydrogen (secondary N) is 1. The van der Waals surface area contributed by atoms with Crippen molar-refractivity contribution in [3.63, 3.8) is 0 Å². The number of halogens is 2. The SMILES string of the molecule is Cc1cc(Br)cc2[nH]c(-c3ccc(Br)cn3)nc12. The molecule has 0 amide bonds. The molecule has 3 aromatic rings. The second-order valence-corrected chi connectivity index (χ2v) is 5.90. The first kappa shape index (κ1) is 11.9. The molecule has 0 saturated carbocycles. The largest absolute Gasteiger partial charge is 0.337 e. The Morgan fingerprint density at radius 2 is 1.94 bits per heavy atom. The van der Waals surface area contributed by atoms with Gasteiger partial charge in [0.15, 0.2) is 5.82 Å². The minimum atomic E-state index is 0.790. The van der Waals surface area contributed by atoms with Gasteiger partial charge in [-0.05, 0) is 52.7 Å². The Kier molecular flexibility index (Phi) is 2.95. The fourth-order valence-corrected chi connectivity index (χ4v) is 2.69. The van der Waals surface area contributed by atoms with Crippen LogP contribution < -0.4 is 0 Å². The molecule has 0 fully saturated rings. The van der Waals surface area contributed by atoms with E-state index in [4.69, 9.17) is 0 Å². The van der Waals surface area contributed by atoms with Gasteiger partial charge in [0.1, 0.15) is 5.69 Å². The smallest absolute Gasteiger partial charge is 0.157 e. The van der Waals surface area contributed by atoms with Gasteiger partial charge in [-0.15, -0.1) is 0 Å². The van der Waals surface area contributed by atoms with Gasteiger partial charge in [0.2, 0.25) is 0 Å². The molecular weight excluding hydrogens is 358 g/mol. The Morgan fingerprint density at radius 3 is 2.67 bits per heavy atom. The van der Waals surface area contributed by atoms with Crippen LogP contribution in [0.25, 0.3) is 22.6 Å². The van der Waals surface area contributed by atoms with Crippen LogP contribution in [0.3, 0.4) is 0 Å². The Hall–Kier alpha value is -1.20. The van der Waals surface area contributed by atoms with Crippen LogP contribution in [0.15, 0.2) is 39.4 Å². The molecule has 5 heteroatoms. The first-order valence-electron chi connectivity index (χ1n) is 5.41. The minimum Gasteiger partial charge on any atom is -0.337 e. The number of fused-ring (bicyclic) bond motifs is 1. The van der Waals surface area contributed by atoms with Gasteiger partial charge >= 0.3 is 0 Å². The van der Waals surface area contributed by atoms with E-state index in [0.717, 1.165) is 37.1 Å². The number of hydrogen-bond acceptors (Lipinski definition) is 2. The molecule has 90 valence electrons. The van der Waals surface area contributed by atoms with Crippen molar-refractivity contribution in [1.29, 1.82) is 0 Å². The number of aromatic amines is 1. The summed E-state index contributed by atoms with van der Waals surface area (Å²) in [6.07, 6.45) is 1.77. The molecule has 1 N–H and O–H groups in total. The average Bonchev–Trinajstić information content (AvgIpc) is 2.74. The second-order valence-electron chi connectivity index (χ2n) is 4.07. The third-order valence-corrected chi connectivity index (χ3v) is 3.64. The summed E-state index contributed by atoms with van der Waals surface area (Å²) in [5.41, 5.74) is 3.98. The van der Waals surface area contributed by atoms with Crippen LogP contribution in [0.5, 0.6) is 0 Å². The third kappa shape index (κ3) is 2.08. The van der Waals surface area contributed by atoms with Gasteiger partial charge in [-0.25, -0.2) is 4.98 Å². The van der Waals surface area contributed by atoms with Gasteiger partial charge in [-0.1, -0.05) is 15.9 Å². The predicted octanol–water partition coefficient (Wildman–Crippen LogP) is 4.46. The summed E-state index contributed by atoms with van der Waals surface area (Å²) in [4.78, 5) is 12.2. The normalized spacial score (nSPS) is 11.1. The van der Waals surface area contributed by atoms with Gasteiger partial charge < -0.3 is 4.98 Å². The van der Waals surface area contributed by atoms with Gasteiger partial charge in [0.25, 0.3) is 0 Å². The molecule has 0 saturated heterocycles. The molecule has 0 spiro atoms. The van der Waals surface area contributed by atoms with Crippen molar-refractivity contribution in [2.75, 3.05) is 0 Å². The maximum absolute atomic E-state index is 4.60. The lowest BCUT2D eigenvalue weighted by atomic mass is 10.2. The molecule has 3 nitrogen and oxygen atoms in total. The van der Waals surface area contributed by atoms with Crippen LogP contribution in [0.2, 0.25) is 0 Å². The van der Waals surface area contributed by atoms with E-state index in [9.17, 15) is 0 Å². The van der Waals surface area contributed by atoms with E-state index in [1.165, 1.54) is 0 Å². The van der Waals surface area contributed by atoms with Crippen LogP contribution in [0, 0.1) is 6.92 Å². The number of hydrogen-bond donors (Lipinski definition) is 1. The quantitative estimate of drug-likeness (QED) is 0.690. The van der Waals surface area contributed by atoms with Gasteiger partial charge in [0.05, 0.1) is 11.0 Å². The zero-order valence-electron chi connectivity index (χ0n) is 9.54. The van der Waals surface area contributed by atoms with Crippen molar-refractivity contribution in [2.45, 2.75) is 6.92 Å². The zero-order chi connectivity index (χ0) is 12.7. The Morgan fingerprint density at radius 1 is 1.11 bits per heavy atom. The summed E-state index contributed by atoms with van der Waals surface area (Å²) in [6, 6.07) is 7.98. The highest BCUT2D eigenvalue weighted by molar-refractivity contribution is 9.10. The molecule has 2 heterocycles. The molecule has 0 aliphatic heterocycles. The standard InChI is InChI=1S/C13H9Br2N3/c1-7-4-9(15)5-11-12(7)18-13(17-11)10-3-2-8(14)6-16-10/h2-6H,1H3,(H,17,18). The van der Waals surface area contributed by atoms with E-state index in [1.807, 2.05) is 25.1 Å². The molecule has 18 heavy (non-hydrogen) atoms. The van der Waals surface area contributed by atoms with Crippen molar-refractivity contribution in [3.8, 4) is 11.5 Å². The third-order valence-electron chi connectivity index (χ3n) is 2.71. The zero-order valence-corrected chi connectivity index (χ0v) is 12.7. The monoisotopic (exact) mass is 365 g/mol. The Bertz CT molecular complexity index is 717. The van der Waals surface area contributed by atoms with Crippen LogP contribution >= 0.6 is 31.9 Å². The van der Waals surface area contributed by atoms with Crippen LogP contribution in [-0.4, -0.2) is 15.0 Å². The van der Waals surface area contributed by atoms with E-state index >= 15 is 0 Å². The summed E-state index contributed by atoms with van der Waals surface area (Å²) in [7, 11) is 0. The van der Waals surface area contributed by atoms with Crippen LogP contribution in [0.4, 0.5) is 0 Å². The highest BCUT2D eigenvalue weighted by Gasteiger charge is 2.08. The lowest BCUT2D eigenvalue weighted by Crippen LogP contribution is -1.84. The lowest BCUT2D eigenvalue weighted by Gasteiger charge is -1.94. The topological polar surface area (TPSA) is 41.6 Å². The van der Waals surface area contributed by atoms with Crippen molar-refractivity contribution >= 4 is 42.9 Å². The minimum absolute atomic E-state index is 0.790. The number of benzene rings is 1. The fourth-order valence-electron chi connectivity index (χ4n) is 1.88. The van der Waals surface area contributed by atoms with Gasteiger partial charge in [-0.3, -0.25) is 4.98 Å². The Balaban J connectivity index is 2.19. The first-order valence-corrected chi connectivity index (χ1v) is 7.00. The summed E-state index contributed by atoms with van der Waals surface area (Å²) in [6.45, 7) is 2.05. The molecule has 3 rings (SSSR count). The maximum Gasteiger partial charge on any atom is 0.157 e. The molecule has 2 aromatic heterocycles. The van der Waals surface area contributed by atoms with Crippen molar-refractivity contribution < 1.29 is 0 Å². The number of imidazole rings is 1. The number of rotatable bonds is 1. The van der Waals surface area contributed by atoms with Gasteiger partial charge in [-0.2, -0.15) is 0 Å². The number of pyridine rings is 1. The highest BCUT2D eigenvalue weighted by atomic mass is 79.9. The lowest BCUT2D eigenvalue weighted by molar-refractivity contribution is 1.23. The van der Waals surface area contributed by atoms with Crippen LogP contribution in [0.1, 0.15) is 5.56 Å². The molecule has 0 bridgehead atoms. The predicted molar refractivity (Wildman–Crippen MR) is 79.5 cm³/mol. The summed E-state index contributed by atoms with van der Waals surface area (Å²) < 4.78 is 2.01. The molecule has 0 unspecified atom stereocenters. The van der Waals surface area contributed by atoms with E-state index < -0.39 is 0 Å². The Labute approximate surface area is 121 Å². The number of H-pyrrole nitrogens is 1. The van der Waals surface area contributed by atoms with E-state index in [1.54, 1.807) is 6.20 Å². The average molecular weight is 367 g/mol. The summed E-state index contributed by atoms with van der Waals surface area (Å²) >= 11 is 6.86. The summed E-state index contributed by atoms with van der Waals surface area (Å²) in [5, 5.41) is 0. The number of nitrogens with zero attached hydrogens (tertiary/aromatic N) is 2. The molecule has 0 aliphatic carbocycles. The van der Waals surface area contributed by atoms with Crippen molar-refractivity contribution in [3.05, 3.63) is 45.0 Å². The molecular formula is C13H9Br2N3. The fraction of sp³-hybridized carbons (Fsp3) is 0.0769. The molecule has 0 radical (unpaired) electrons. The molecule has 0 aliphatic rings. The maximum atomic E-state index is 4.60. The number of aryl methyl sites for hydroxylation is 1. The van der Waals surface area contributed by atoms with E-state index in [-0.39, 0.29) is 0 Å². The molecule has 0 atom stereocenters. The molecule has 1 aromatic carbocycles. The van der Waals surface area contributed by atoms with E-state index in [2.05, 4.69) is 52.9 Å². The van der Waals surface area contributed by atoms with Crippen LogP contribution in [-0.2, 0) is 0 Å². The van der Waals surface area contributed by atoms with Crippen molar-refractivity contribution in [2.24, 2.45) is 0 Å².